The minimum absolute atomic E-state index is 0.0104. The highest BCUT2D eigenvalue weighted by Crippen LogP contribution is 2.28. The van der Waals surface area contributed by atoms with E-state index in [-0.39, 0.29) is 17.9 Å². The number of benzene rings is 1. The van der Waals surface area contributed by atoms with E-state index in [1.54, 1.807) is 0 Å². The van der Waals surface area contributed by atoms with E-state index < -0.39 is 0 Å². The van der Waals surface area contributed by atoms with Crippen LogP contribution in [0.3, 0.4) is 0 Å². The van der Waals surface area contributed by atoms with Crippen LogP contribution in [-0.2, 0) is 4.79 Å². The van der Waals surface area contributed by atoms with Crippen LogP contribution in [0.5, 0.6) is 5.75 Å². The van der Waals surface area contributed by atoms with Gasteiger partial charge < -0.3 is 15.8 Å². The zero-order chi connectivity index (χ0) is 13.7. The van der Waals surface area contributed by atoms with Crippen LogP contribution in [0.4, 0.5) is 5.69 Å². The number of nitrogens with two attached hydrogens (primary N) is 1. The Balaban J connectivity index is 2.03. The first-order chi connectivity index (χ1) is 9.22. The Morgan fingerprint density at radius 3 is 2.89 bits per heavy atom. The van der Waals surface area contributed by atoms with Gasteiger partial charge in [-0.1, -0.05) is 25.5 Å². The van der Waals surface area contributed by atoms with E-state index in [9.17, 15) is 4.79 Å². The molecule has 4 nitrogen and oxygen atoms in total. The quantitative estimate of drug-likeness (QED) is 0.857. The first kappa shape index (κ1) is 13.9. The average molecular weight is 262 g/mol. The molecule has 4 heteroatoms. The largest absolute Gasteiger partial charge is 0.491 e. The molecule has 2 rings (SSSR count). The standard InChI is InChI=1S/C15H22N2O2/c1-2-10-19-14-9-4-3-8-13(14)17-15(18)11-6-5-7-12(11)16/h3-4,8-9,11-12H,2,5-7,10,16H2,1H3,(H,17,18). The van der Waals surface area contributed by atoms with E-state index in [4.69, 9.17) is 10.5 Å². The summed E-state index contributed by atoms with van der Waals surface area (Å²) in [5.41, 5.74) is 6.70. The van der Waals surface area contributed by atoms with Crippen LogP contribution in [0.15, 0.2) is 24.3 Å². The van der Waals surface area contributed by atoms with Gasteiger partial charge in [0.05, 0.1) is 18.2 Å². The first-order valence-corrected chi connectivity index (χ1v) is 7.00. The number of hydrogen-bond donors (Lipinski definition) is 2. The maximum atomic E-state index is 12.2. The maximum absolute atomic E-state index is 12.2. The number of ether oxygens (including phenoxy) is 1. The Hall–Kier alpha value is -1.55. The Morgan fingerprint density at radius 1 is 1.42 bits per heavy atom. The van der Waals surface area contributed by atoms with Gasteiger partial charge in [-0.2, -0.15) is 0 Å². The Labute approximate surface area is 114 Å². The number of anilines is 1. The molecule has 0 aliphatic heterocycles. The highest BCUT2D eigenvalue weighted by molar-refractivity contribution is 5.94. The molecule has 1 aliphatic carbocycles. The first-order valence-electron chi connectivity index (χ1n) is 7.00. The number of carbonyl (C=O) groups excluding carboxylic acids is 1. The van der Waals surface area contributed by atoms with Crippen LogP contribution in [0, 0.1) is 5.92 Å². The molecule has 0 bridgehead atoms. The monoisotopic (exact) mass is 262 g/mol. The minimum atomic E-state index is -0.0702. The van der Waals surface area contributed by atoms with Crippen molar-refractivity contribution in [2.75, 3.05) is 11.9 Å². The van der Waals surface area contributed by atoms with Crippen LogP contribution in [-0.4, -0.2) is 18.6 Å². The van der Waals surface area contributed by atoms with Crippen molar-refractivity contribution in [3.05, 3.63) is 24.3 Å². The predicted molar refractivity (Wildman–Crippen MR) is 76.2 cm³/mol. The van der Waals surface area contributed by atoms with Crippen molar-refractivity contribution >= 4 is 11.6 Å². The van der Waals surface area contributed by atoms with Gasteiger partial charge in [-0.15, -0.1) is 0 Å². The lowest BCUT2D eigenvalue weighted by atomic mass is 10.0. The van der Waals surface area contributed by atoms with Crippen molar-refractivity contribution in [2.24, 2.45) is 11.7 Å². The molecule has 2 atom stereocenters. The lowest BCUT2D eigenvalue weighted by molar-refractivity contribution is -0.120. The summed E-state index contributed by atoms with van der Waals surface area (Å²) in [6.45, 7) is 2.70. The van der Waals surface area contributed by atoms with Gasteiger partial charge in [0.15, 0.2) is 0 Å². The number of rotatable bonds is 5. The third-order valence-corrected chi connectivity index (χ3v) is 3.51. The number of nitrogens with one attached hydrogen (secondary N) is 1. The summed E-state index contributed by atoms with van der Waals surface area (Å²) in [6, 6.07) is 7.53. The van der Waals surface area contributed by atoms with E-state index in [0.717, 1.165) is 37.1 Å². The number of amides is 1. The summed E-state index contributed by atoms with van der Waals surface area (Å²) in [5, 5.41) is 2.95. The van der Waals surface area contributed by atoms with Crippen LogP contribution < -0.4 is 15.8 Å². The molecular formula is C15H22N2O2. The highest BCUT2D eigenvalue weighted by atomic mass is 16.5. The van der Waals surface area contributed by atoms with E-state index in [1.165, 1.54) is 0 Å². The molecule has 0 spiro atoms. The second kappa shape index (κ2) is 6.57. The SMILES string of the molecule is CCCOc1ccccc1NC(=O)C1CCCC1N. The van der Waals surface area contributed by atoms with E-state index >= 15 is 0 Å². The smallest absolute Gasteiger partial charge is 0.229 e. The summed E-state index contributed by atoms with van der Waals surface area (Å²) in [4.78, 5) is 12.2. The van der Waals surface area contributed by atoms with Gasteiger partial charge in [0.25, 0.3) is 0 Å². The van der Waals surface area contributed by atoms with Crippen molar-refractivity contribution in [2.45, 2.75) is 38.6 Å². The van der Waals surface area contributed by atoms with Crippen LogP contribution in [0.1, 0.15) is 32.6 Å². The summed E-state index contributed by atoms with van der Waals surface area (Å²) in [7, 11) is 0. The van der Waals surface area contributed by atoms with Crippen LogP contribution in [0.2, 0.25) is 0 Å². The van der Waals surface area contributed by atoms with Crippen LogP contribution >= 0.6 is 0 Å². The van der Waals surface area contributed by atoms with Crippen molar-refractivity contribution in [3.8, 4) is 5.75 Å². The average Bonchev–Trinajstić information content (AvgIpc) is 2.84. The van der Waals surface area contributed by atoms with E-state index in [2.05, 4.69) is 12.2 Å². The third kappa shape index (κ3) is 3.47. The second-order valence-electron chi connectivity index (χ2n) is 5.04. The van der Waals surface area contributed by atoms with Gasteiger partial charge in [-0.3, -0.25) is 4.79 Å². The summed E-state index contributed by atoms with van der Waals surface area (Å²) >= 11 is 0. The topological polar surface area (TPSA) is 64.3 Å². The van der Waals surface area contributed by atoms with Crippen molar-refractivity contribution in [1.29, 1.82) is 0 Å². The zero-order valence-corrected chi connectivity index (χ0v) is 11.4. The van der Waals surface area contributed by atoms with Crippen LogP contribution in [0.25, 0.3) is 0 Å². The molecular weight excluding hydrogens is 240 g/mol. The number of para-hydroxylation sites is 2. The van der Waals surface area contributed by atoms with Gasteiger partial charge in [0.1, 0.15) is 5.75 Å². The molecule has 1 saturated carbocycles. The van der Waals surface area contributed by atoms with Gasteiger partial charge in [0, 0.05) is 6.04 Å². The number of carbonyl (C=O) groups is 1. The van der Waals surface area contributed by atoms with Gasteiger partial charge in [-0.25, -0.2) is 0 Å². The third-order valence-electron chi connectivity index (χ3n) is 3.51. The molecule has 104 valence electrons. The molecule has 0 saturated heterocycles. The Bertz CT molecular complexity index is 434. The molecule has 19 heavy (non-hydrogen) atoms. The van der Waals surface area contributed by atoms with E-state index in [0.29, 0.717) is 6.61 Å². The molecule has 0 radical (unpaired) electrons. The molecule has 1 aromatic carbocycles. The van der Waals surface area contributed by atoms with Crippen molar-refractivity contribution < 1.29 is 9.53 Å². The molecule has 0 aromatic heterocycles. The maximum Gasteiger partial charge on any atom is 0.229 e. The fraction of sp³-hybridized carbons (Fsp3) is 0.533. The van der Waals surface area contributed by atoms with Gasteiger partial charge in [0.2, 0.25) is 5.91 Å². The lowest BCUT2D eigenvalue weighted by Gasteiger charge is -2.17. The van der Waals surface area contributed by atoms with Gasteiger partial charge >= 0.3 is 0 Å². The molecule has 0 heterocycles. The fourth-order valence-electron chi connectivity index (χ4n) is 2.45. The summed E-state index contributed by atoms with van der Waals surface area (Å²) in [6.07, 6.45) is 3.79. The van der Waals surface area contributed by atoms with Crippen molar-refractivity contribution in [3.63, 3.8) is 0 Å². The molecule has 1 fully saturated rings. The second-order valence-corrected chi connectivity index (χ2v) is 5.04. The lowest BCUT2D eigenvalue weighted by Crippen LogP contribution is -2.34. The van der Waals surface area contributed by atoms with E-state index in [1.807, 2.05) is 24.3 Å². The Kier molecular flexibility index (Phi) is 4.80. The van der Waals surface area contributed by atoms with Gasteiger partial charge in [-0.05, 0) is 31.4 Å². The minimum Gasteiger partial charge on any atom is -0.491 e. The zero-order valence-electron chi connectivity index (χ0n) is 11.4. The molecule has 1 aliphatic rings. The molecule has 1 amide bonds. The molecule has 1 aromatic rings. The van der Waals surface area contributed by atoms with Crippen molar-refractivity contribution in [1.82, 2.24) is 0 Å². The summed E-state index contributed by atoms with van der Waals surface area (Å²) < 4.78 is 5.63. The molecule has 3 N–H and O–H groups in total. The predicted octanol–water partition coefficient (Wildman–Crippen LogP) is 2.54. The summed E-state index contributed by atoms with van der Waals surface area (Å²) in [5.74, 6) is 0.668. The number of hydrogen-bond acceptors (Lipinski definition) is 3. The highest BCUT2D eigenvalue weighted by Gasteiger charge is 2.30. The fourth-order valence-corrected chi connectivity index (χ4v) is 2.45. The molecule has 2 unspecified atom stereocenters. The normalized spacial score (nSPS) is 22.2. The Morgan fingerprint density at radius 2 is 2.21 bits per heavy atom.